The summed E-state index contributed by atoms with van der Waals surface area (Å²) in [6.07, 6.45) is 3.58. The van der Waals surface area contributed by atoms with Crippen molar-refractivity contribution < 1.29 is 4.42 Å². The van der Waals surface area contributed by atoms with E-state index in [1.54, 1.807) is 0 Å². The second kappa shape index (κ2) is 5.43. The fraction of sp³-hybridized carbons (Fsp3) is 0.667. The van der Waals surface area contributed by atoms with E-state index in [2.05, 4.69) is 20.4 Å². The molecule has 0 amide bonds. The summed E-state index contributed by atoms with van der Waals surface area (Å²) >= 11 is 1.51. The maximum Gasteiger partial charge on any atom is 0.226 e. The van der Waals surface area contributed by atoms with E-state index in [0.29, 0.717) is 23.5 Å². The fourth-order valence-corrected chi connectivity index (χ4v) is 3.05. The molecule has 8 heteroatoms. The normalized spacial score (nSPS) is 15.8. The zero-order valence-corrected chi connectivity index (χ0v) is 12.4. The van der Waals surface area contributed by atoms with Gasteiger partial charge in [-0.25, -0.2) is 0 Å². The Bertz CT molecular complexity index is 589. The van der Waals surface area contributed by atoms with Crippen LogP contribution < -0.4 is 5.73 Å². The number of thioether (sulfide) groups is 1. The van der Waals surface area contributed by atoms with Crippen molar-refractivity contribution >= 4 is 17.7 Å². The van der Waals surface area contributed by atoms with Crippen molar-refractivity contribution in [3.05, 3.63) is 11.8 Å². The van der Waals surface area contributed by atoms with Crippen LogP contribution in [0.3, 0.4) is 0 Å². The smallest absolute Gasteiger partial charge is 0.226 e. The van der Waals surface area contributed by atoms with E-state index in [1.165, 1.54) is 18.2 Å². The average Bonchev–Trinajstić information content (AvgIpc) is 2.91. The lowest BCUT2D eigenvalue weighted by Crippen LogP contribution is -2.08. The van der Waals surface area contributed by atoms with Crippen LogP contribution >= 0.6 is 11.8 Å². The Morgan fingerprint density at radius 2 is 2.10 bits per heavy atom. The highest BCUT2D eigenvalue weighted by molar-refractivity contribution is 7.98. The molecule has 0 aliphatic heterocycles. The van der Waals surface area contributed by atoms with E-state index in [1.807, 2.05) is 18.4 Å². The first-order valence-electron chi connectivity index (χ1n) is 6.80. The third-order valence-electron chi connectivity index (χ3n) is 3.47. The summed E-state index contributed by atoms with van der Waals surface area (Å²) in [6, 6.07) is 0.223. The second-order valence-electron chi connectivity index (χ2n) is 5.26. The third kappa shape index (κ3) is 2.52. The Morgan fingerprint density at radius 1 is 1.30 bits per heavy atom. The summed E-state index contributed by atoms with van der Waals surface area (Å²) in [7, 11) is 0. The number of nitrogens with zero attached hydrogens (tertiary/aromatic N) is 5. The highest BCUT2D eigenvalue weighted by Gasteiger charge is 2.25. The predicted octanol–water partition coefficient (Wildman–Crippen LogP) is 2.38. The molecule has 1 aliphatic carbocycles. The van der Waals surface area contributed by atoms with Crippen LogP contribution in [0.15, 0.2) is 9.57 Å². The second-order valence-corrected chi connectivity index (χ2v) is 6.20. The number of nitrogens with two attached hydrogens (primary N) is 1. The Morgan fingerprint density at radius 3 is 2.75 bits per heavy atom. The van der Waals surface area contributed by atoms with Crippen molar-refractivity contribution in [2.75, 3.05) is 5.73 Å². The van der Waals surface area contributed by atoms with Gasteiger partial charge in [-0.15, -0.1) is 20.4 Å². The molecular formula is C12H18N6OS. The van der Waals surface area contributed by atoms with E-state index in [0.717, 1.165) is 23.9 Å². The molecular weight excluding hydrogens is 276 g/mol. The van der Waals surface area contributed by atoms with Crippen LogP contribution in [-0.4, -0.2) is 25.0 Å². The lowest BCUT2D eigenvalue weighted by molar-refractivity contribution is 0.328. The largest absolute Gasteiger partial charge is 0.424 e. The number of rotatable bonds is 5. The van der Waals surface area contributed by atoms with Gasteiger partial charge in [-0.05, 0) is 26.7 Å². The van der Waals surface area contributed by atoms with E-state index in [-0.39, 0.29) is 6.04 Å². The van der Waals surface area contributed by atoms with Crippen LogP contribution in [0, 0.1) is 0 Å². The minimum absolute atomic E-state index is 0.223. The molecule has 2 aromatic heterocycles. The van der Waals surface area contributed by atoms with Gasteiger partial charge < -0.3 is 10.2 Å². The monoisotopic (exact) mass is 294 g/mol. The number of hydrogen-bond donors (Lipinski definition) is 1. The van der Waals surface area contributed by atoms with Crippen LogP contribution in [0.2, 0.25) is 0 Å². The molecule has 0 bridgehead atoms. The van der Waals surface area contributed by atoms with Gasteiger partial charge >= 0.3 is 0 Å². The van der Waals surface area contributed by atoms with Gasteiger partial charge in [-0.3, -0.25) is 4.57 Å². The van der Waals surface area contributed by atoms with E-state index in [9.17, 15) is 0 Å². The molecule has 2 N–H and O–H groups in total. The molecule has 7 nitrogen and oxygen atoms in total. The SMILES string of the molecule is CC(C)n1c(N)nnc1SCc1nnc(C2CCC2)o1. The summed E-state index contributed by atoms with van der Waals surface area (Å²) in [5.74, 6) is 2.90. The standard InChI is InChI=1S/C12H18N6OS/c1-7(2)18-11(13)16-17-12(18)20-6-9-14-15-10(19-9)8-4-3-5-8/h7-8H,3-6H2,1-2H3,(H2,13,16). The molecule has 0 radical (unpaired) electrons. The van der Waals surface area contributed by atoms with E-state index in [4.69, 9.17) is 10.2 Å². The quantitative estimate of drug-likeness (QED) is 0.846. The van der Waals surface area contributed by atoms with Gasteiger partial charge in [-0.2, -0.15) is 0 Å². The van der Waals surface area contributed by atoms with Gasteiger partial charge in [0.25, 0.3) is 0 Å². The summed E-state index contributed by atoms with van der Waals surface area (Å²) in [5, 5.41) is 17.0. The van der Waals surface area contributed by atoms with Crippen LogP contribution in [0.5, 0.6) is 0 Å². The number of aromatic nitrogens is 5. The van der Waals surface area contributed by atoms with Gasteiger partial charge in [0.05, 0.1) is 5.75 Å². The zero-order valence-electron chi connectivity index (χ0n) is 11.6. The molecule has 2 aromatic rings. The zero-order chi connectivity index (χ0) is 14.1. The Kier molecular flexibility index (Phi) is 3.64. The van der Waals surface area contributed by atoms with Gasteiger partial charge in [0.1, 0.15) is 0 Å². The molecule has 108 valence electrons. The number of nitrogen functional groups attached to an aromatic ring is 1. The molecule has 1 aliphatic rings. The van der Waals surface area contributed by atoms with E-state index < -0.39 is 0 Å². The number of anilines is 1. The summed E-state index contributed by atoms with van der Waals surface area (Å²) in [6.45, 7) is 4.09. The van der Waals surface area contributed by atoms with Crippen molar-refractivity contribution in [2.45, 2.75) is 56.0 Å². The molecule has 1 fully saturated rings. The summed E-state index contributed by atoms with van der Waals surface area (Å²) in [4.78, 5) is 0. The predicted molar refractivity (Wildman–Crippen MR) is 75.3 cm³/mol. The van der Waals surface area contributed by atoms with Crippen LogP contribution in [0.25, 0.3) is 0 Å². The van der Waals surface area contributed by atoms with Crippen LogP contribution in [0.4, 0.5) is 5.95 Å². The first-order chi connectivity index (χ1) is 9.65. The van der Waals surface area contributed by atoms with Crippen molar-refractivity contribution in [3.8, 4) is 0 Å². The Balaban J connectivity index is 1.65. The molecule has 3 rings (SSSR count). The Labute approximate surface area is 121 Å². The topological polar surface area (TPSA) is 95.7 Å². The van der Waals surface area contributed by atoms with Crippen LogP contribution in [0.1, 0.15) is 56.9 Å². The van der Waals surface area contributed by atoms with Crippen LogP contribution in [-0.2, 0) is 5.75 Å². The molecule has 20 heavy (non-hydrogen) atoms. The minimum Gasteiger partial charge on any atom is -0.424 e. The first kappa shape index (κ1) is 13.4. The first-order valence-corrected chi connectivity index (χ1v) is 7.79. The third-order valence-corrected chi connectivity index (χ3v) is 4.40. The van der Waals surface area contributed by atoms with Gasteiger partial charge in [-0.1, -0.05) is 18.2 Å². The molecule has 2 heterocycles. The molecule has 0 atom stereocenters. The van der Waals surface area contributed by atoms with Crippen molar-refractivity contribution in [1.29, 1.82) is 0 Å². The van der Waals surface area contributed by atoms with Gasteiger partial charge in [0.2, 0.25) is 17.7 Å². The molecule has 0 aromatic carbocycles. The minimum atomic E-state index is 0.223. The number of hydrogen-bond acceptors (Lipinski definition) is 7. The van der Waals surface area contributed by atoms with Crippen molar-refractivity contribution in [3.63, 3.8) is 0 Å². The highest BCUT2D eigenvalue weighted by atomic mass is 32.2. The molecule has 0 saturated heterocycles. The lowest BCUT2D eigenvalue weighted by atomic mass is 9.85. The highest BCUT2D eigenvalue weighted by Crippen LogP contribution is 2.35. The maximum atomic E-state index is 5.81. The average molecular weight is 294 g/mol. The summed E-state index contributed by atoms with van der Waals surface area (Å²) < 4.78 is 7.58. The van der Waals surface area contributed by atoms with Crippen molar-refractivity contribution in [2.24, 2.45) is 0 Å². The maximum absolute atomic E-state index is 5.81. The summed E-state index contributed by atoms with van der Waals surface area (Å²) in [5.41, 5.74) is 5.81. The molecule has 1 saturated carbocycles. The van der Waals surface area contributed by atoms with E-state index >= 15 is 0 Å². The Hall–Kier alpha value is -1.57. The lowest BCUT2D eigenvalue weighted by Gasteiger charge is -2.20. The van der Waals surface area contributed by atoms with Crippen molar-refractivity contribution in [1.82, 2.24) is 25.0 Å². The van der Waals surface area contributed by atoms with Gasteiger partial charge in [0, 0.05) is 12.0 Å². The molecule has 0 unspecified atom stereocenters. The fourth-order valence-electron chi connectivity index (χ4n) is 2.14. The van der Waals surface area contributed by atoms with Gasteiger partial charge in [0.15, 0.2) is 5.16 Å². The molecule has 0 spiro atoms.